The van der Waals surface area contributed by atoms with Crippen molar-refractivity contribution in [1.82, 2.24) is 4.90 Å². The maximum absolute atomic E-state index is 12.2. The second kappa shape index (κ2) is 3.94. The monoisotopic (exact) mass is 245 g/mol. The van der Waals surface area contributed by atoms with Crippen LogP contribution in [0.15, 0.2) is 18.2 Å². The zero-order chi connectivity index (χ0) is 12.6. The van der Waals surface area contributed by atoms with Crippen LogP contribution in [0.4, 0.5) is 13.2 Å². The molecule has 6 heteroatoms. The van der Waals surface area contributed by atoms with Crippen LogP contribution >= 0.6 is 0 Å². The van der Waals surface area contributed by atoms with E-state index in [0.29, 0.717) is 12.0 Å². The molecule has 0 unspecified atom stereocenters. The smallest absolute Gasteiger partial charge is 0.471 e. The normalized spacial score (nSPS) is 15.6. The number of aromatic hydroxyl groups is 1. The Morgan fingerprint density at radius 2 is 2.00 bits per heavy atom. The van der Waals surface area contributed by atoms with Crippen molar-refractivity contribution in [3.05, 3.63) is 29.3 Å². The van der Waals surface area contributed by atoms with Crippen molar-refractivity contribution in [2.24, 2.45) is 0 Å². The van der Waals surface area contributed by atoms with Gasteiger partial charge in [-0.2, -0.15) is 13.2 Å². The van der Waals surface area contributed by atoms with Crippen LogP contribution in [-0.4, -0.2) is 28.6 Å². The van der Waals surface area contributed by atoms with Crippen LogP contribution in [0, 0.1) is 0 Å². The van der Waals surface area contributed by atoms with E-state index in [4.69, 9.17) is 0 Å². The second-order valence-corrected chi connectivity index (χ2v) is 3.93. The van der Waals surface area contributed by atoms with Gasteiger partial charge in [-0.1, -0.05) is 6.07 Å². The van der Waals surface area contributed by atoms with Crippen LogP contribution in [0.5, 0.6) is 5.75 Å². The quantitative estimate of drug-likeness (QED) is 0.757. The zero-order valence-corrected chi connectivity index (χ0v) is 8.79. The minimum atomic E-state index is -4.84. The van der Waals surface area contributed by atoms with Gasteiger partial charge in [0.05, 0.1) is 0 Å². The summed E-state index contributed by atoms with van der Waals surface area (Å²) in [5.41, 5.74) is 1.43. The first kappa shape index (κ1) is 11.8. The molecule has 0 saturated heterocycles. The number of alkyl halides is 3. The number of amides is 1. The molecule has 1 aliphatic heterocycles. The molecule has 0 aliphatic carbocycles. The minimum absolute atomic E-state index is 0.00921. The Morgan fingerprint density at radius 3 is 2.65 bits per heavy atom. The highest BCUT2D eigenvalue weighted by atomic mass is 19.4. The van der Waals surface area contributed by atoms with Crippen molar-refractivity contribution in [2.75, 3.05) is 6.54 Å². The third kappa shape index (κ3) is 2.35. The average Bonchev–Trinajstić information content (AvgIpc) is 2.25. The average molecular weight is 245 g/mol. The fraction of sp³-hybridized carbons (Fsp3) is 0.364. The van der Waals surface area contributed by atoms with Crippen molar-refractivity contribution in [1.29, 1.82) is 0 Å². The molecule has 1 aromatic carbocycles. The number of nitrogens with zero attached hydrogens (tertiary/aromatic N) is 1. The lowest BCUT2D eigenvalue weighted by atomic mass is 9.99. The first-order chi connectivity index (χ1) is 7.88. The van der Waals surface area contributed by atoms with Gasteiger partial charge in [0.1, 0.15) is 5.75 Å². The Morgan fingerprint density at radius 1 is 1.29 bits per heavy atom. The van der Waals surface area contributed by atoms with Gasteiger partial charge in [0.15, 0.2) is 0 Å². The van der Waals surface area contributed by atoms with E-state index >= 15 is 0 Å². The summed E-state index contributed by atoms with van der Waals surface area (Å²) < 4.78 is 36.7. The minimum Gasteiger partial charge on any atom is -0.508 e. The van der Waals surface area contributed by atoms with E-state index in [9.17, 15) is 23.1 Å². The molecule has 0 radical (unpaired) electrons. The van der Waals surface area contributed by atoms with E-state index in [2.05, 4.69) is 0 Å². The fourth-order valence-corrected chi connectivity index (χ4v) is 1.90. The molecular formula is C11H10F3NO2. The maximum Gasteiger partial charge on any atom is 0.471 e. The molecule has 1 aliphatic rings. The summed E-state index contributed by atoms with van der Waals surface area (Å²) >= 11 is 0. The van der Waals surface area contributed by atoms with E-state index in [1.54, 1.807) is 6.07 Å². The zero-order valence-electron chi connectivity index (χ0n) is 8.79. The lowest BCUT2D eigenvalue weighted by Gasteiger charge is -2.29. The van der Waals surface area contributed by atoms with Crippen LogP contribution < -0.4 is 0 Å². The van der Waals surface area contributed by atoms with E-state index in [1.807, 2.05) is 0 Å². The summed E-state index contributed by atoms with van der Waals surface area (Å²) in [7, 11) is 0. The molecule has 2 rings (SSSR count). The van der Waals surface area contributed by atoms with Gasteiger partial charge in [-0.3, -0.25) is 4.79 Å². The summed E-state index contributed by atoms with van der Waals surface area (Å²) in [6.07, 6.45) is -4.47. The lowest BCUT2D eigenvalue weighted by molar-refractivity contribution is -0.186. The molecule has 17 heavy (non-hydrogen) atoms. The molecule has 1 heterocycles. The number of hydrogen-bond acceptors (Lipinski definition) is 2. The SMILES string of the molecule is O=C(N1CCc2ccc(O)cc2C1)C(F)(F)F. The third-order valence-corrected chi connectivity index (χ3v) is 2.73. The third-order valence-electron chi connectivity index (χ3n) is 2.73. The number of hydrogen-bond donors (Lipinski definition) is 1. The predicted molar refractivity (Wildman–Crippen MR) is 53.3 cm³/mol. The largest absolute Gasteiger partial charge is 0.508 e. The van der Waals surface area contributed by atoms with E-state index in [1.165, 1.54) is 12.1 Å². The Balaban J connectivity index is 2.21. The van der Waals surface area contributed by atoms with Gasteiger partial charge < -0.3 is 10.0 Å². The van der Waals surface area contributed by atoms with Gasteiger partial charge in [0, 0.05) is 13.1 Å². The van der Waals surface area contributed by atoms with Gasteiger partial charge in [0.2, 0.25) is 0 Å². The number of phenolic OH excluding ortho intramolecular Hbond substituents is 1. The summed E-state index contributed by atoms with van der Waals surface area (Å²) in [4.78, 5) is 11.8. The summed E-state index contributed by atoms with van der Waals surface area (Å²) in [5, 5.41) is 9.25. The number of benzene rings is 1. The molecule has 0 saturated carbocycles. The molecule has 3 nitrogen and oxygen atoms in total. The van der Waals surface area contributed by atoms with Crippen LogP contribution in [-0.2, 0) is 17.8 Å². The molecule has 1 aromatic rings. The topological polar surface area (TPSA) is 40.5 Å². The summed E-state index contributed by atoms with van der Waals surface area (Å²) in [5.74, 6) is -1.84. The number of carbonyl (C=O) groups is 1. The molecule has 92 valence electrons. The molecule has 0 spiro atoms. The van der Waals surface area contributed by atoms with E-state index in [0.717, 1.165) is 10.5 Å². The molecule has 0 atom stereocenters. The molecule has 1 amide bonds. The number of rotatable bonds is 0. The molecular weight excluding hydrogens is 235 g/mol. The van der Waals surface area contributed by atoms with Crippen molar-refractivity contribution >= 4 is 5.91 Å². The van der Waals surface area contributed by atoms with Gasteiger partial charge >= 0.3 is 12.1 Å². The van der Waals surface area contributed by atoms with Crippen LogP contribution in [0.1, 0.15) is 11.1 Å². The van der Waals surface area contributed by atoms with Crippen molar-refractivity contribution in [3.63, 3.8) is 0 Å². The predicted octanol–water partition coefficient (Wildman–Crippen LogP) is 1.84. The Hall–Kier alpha value is -1.72. The van der Waals surface area contributed by atoms with Crippen molar-refractivity contribution in [2.45, 2.75) is 19.1 Å². The highest BCUT2D eigenvalue weighted by Crippen LogP contribution is 2.26. The number of halogens is 3. The van der Waals surface area contributed by atoms with Gasteiger partial charge in [-0.25, -0.2) is 0 Å². The second-order valence-electron chi connectivity index (χ2n) is 3.93. The lowest BCUT2D eigenvalue weighted by Crippen LogP contribution is -2.43. The Bertz CT molecular complexity index is 457. The first-order valence-corrected chi connectivity index (χ1v) is 5.05. The molecule has 0 fully saturated rings. The molecule has 0 aromatic heterocycles. The highest BCUT2D eigenvalue weighted by molar-refractivity contribution is 5.82. The highest BCUT2D eigenvalue weighted by Gasteiger charge is 2.43. The van der Waals surface area contributed by atoms with Crippen LogP contribution in [0.3, 0.4) is 0 Å². The summed E-state index contributed by atoms with van der Waals surface area (Å²) in [6.45, 7) is -0.0573. The Labute approximate surface area is 95.5 Å². The van der Waals surface area contributed by atoms with Gasteiger partial charge in [0.25, 0.3) is 0 Å². The van der Waals surface area contributed by atoms with E-state index in [-0.39, 0.29) is 18.8 Å². The fourth-order valence-electron chi connectivity index (χ4n) is 1.90. The number of phenols is 1. The maximum atomic E-state index is 12.2. The number of carbonyl (C=O) groups excluding carboxylic acids is 1. The van der Waals surface area contributed by atoms with Crippen molar-refractivity contribution < 1.29 is 23.1 Å². The molecule has 0 bridgehead atoms. The molecule has 1 N–H and O–H groups in total. The standard InChI is InChI=1S/C11H10F3NO2/c12-11(13,14)10(17)15-4-3-7-1-2-9(16)5-8(7)6-15/h1-2,5,16H,3-4,6H2. The van der Waals surface area contributed by atoms with Crippen LogP contribution in [0.2, 0.25) is 0 Å². The van der Waals surface area contributed by atoms with E-state index < -0.39 is 12.1 Å². The Kier molecular flexibility index (Phi) is 2.73. The van der Waals surface area contributed by atoms with Gasteiger partial charge in [-0.05, 0) is 29.7 Å². The van der Waals surface area contributed by atoms with Gasteiger partial charge in [-0.15, -0.1) is 0 Å². The van der Waals surface area contributed by atoms with Crippen molar-refractivity contribution in [3.8, 4) is 5.75 Å². The first-order valence-electron chi connectivity index (χ1n) is 5.05. The summed E-state index contributed by atoms with van der Waals surface area (Å²) in [6, 6.07) is 4.55. The number of fused-ring (bicyclic) bond motifs is 1. The van der Waals surface area contributed by atoms with Crippen LogP contribution in [0.25, 0.3) is 0 Å².